The van der Waals surface area contributed by atoms with E-state index >= 15 is 0 Å². The zero-order chi connectivity index (χ0) is 15.5. The topological polar surface area (TPSA) is 75.4 Å². The van der Waals surface area contributed by atoms with Gasteiger partial charge < -0.3 is 16.0 Å². The lowest BCUT2D eigenvalue weighted by atomic mass is 9.93. The Morgan fingerprint density at radius 3 is 2.10 bits per heavy atom. The molecule has 0 aromatic rings. The van der Waals surface area contributed by atoms with Crippen molar-refractivity contribution >= 4 is 11.8 Å². The van der Waals surface area contributed by atoms with Crippen molar-refractivity contribution < 1.29 is 9.59 Å². The van der Waals surface area contributed by atoms with Gasteiger partial charge in [0.1, 0.15) is 0 Å². The lowest BCUT2D eigenvalue weighted by Crippen LogP contribution is -2.52. The van der Waals surface area contributed by atoms with E-state index in [9.17, 15) is 9.59 Å². The molecular formula is C15H29N3O2. The van der Waals surface area contributed by atoms with E-state index in [4.69, 9.17) is 5.73 Å². The summed E-state index contributed by atoms with van der Waals surface area (Å²) in [7, 11) is 0. The molecule has 5 heteroatoms. The molecule has 1 aliphatic rings. The predicted octanol–water partition coefficient (Wildman–Crippen LogP) is 1.12. The van der Waals surface area contributed by atoms with Crippen molar-refractivity contribution in [2.24, 2.45) is 17.1 Å². The molecule has 0 aromatic carbocycles. The molecule has 1 rings (SSSR count). The van der Waals surface area contributed by atoms with Gasteiger partial charge in [-0.3, -0.25) is 9.59 Å². The van der Waals surface area contributed by atoms with Crippen LogP contribution in [0.25, 0.3) is 0 Å². The van der Waals surface area contributed by atoms with Crippen LogP contribution < -0.4 is 11.1 Å². The van der Waals surface area contributed by atoms with E-state index < -0.39 is 6.04 Å². The Hall–Kier alpha value is -1.10. The second kappa shape index (κ2) is 6.57. The highest BCUT2D eigenvalue weighted by atomic mass is 16.2. The highest BCUT2D eigenvalue weighted by Gasteiger charge is 2.31. The number of carbonyl (C=O) groups excluding carboxylic acids is 2. The van der Waals surface area contributed by atoms with Gasteiger partial charge in [0.15, 0.2) is 0 Å². The third kappa shape index (κ3) is 4.47. The first-order chi connectivity index (χ1) is 9.12. The van der Waals surface area contributed by atoms with E-state index in [0.29, 0.717) is 13.1 Å². The van der Waals surface area contributed by atoms with Crippen LogP contribution in [0.3, 0.4) is 0 Å². The molecule has 0 spiro atoms. The van der Waals surface area contributed by atoms with Crippen LogP contribution in [0.4, 0.5) is 0 Å². The number of nitrogens with two attached hydrogens (primary N) is 1. The summed E-state index contributed by atoms with van der Waals surface area (Å²) in [5.41, 5.74) is 5.50. The number of nitrogens with zero attached hydrogens (tertiary/aromatic N) is 1. The van der Waals surface area contributed by atoms with Gasteiger partial charge in [-0.05, 0) is 18.8 Å². The molecule has 1 aliphatic heterocycles. The molecule has 0 aliphatic carbocycles. The standard InChI is InChI=1S/C15H29N3O2/c1-10(2)12(16)13(19)17-11-6-8-18(9-7-11)14(20)15(3,4)5/h10-12H,6-9,16H2,1-5H3,(H,17,19). The SMILES string of the molecule is CC(C)C(N)C(=O)NC1CCN(C(=O)C(C)(C)C)CC1. The Morgan fingerprint density at radius 2 is 1.70 bits per heavy atom. The number of carbonyl (C=O) groups is 2. The van der Waals surface area contributed by atoms with Crippen molar-refractivity contribution in [2.45, 2.75) is 59.5 Å². The molecule has 3 N–H and O–H groups in total. The van der Waals surface area contributed by atoms with Crippen LogP contribution in [0, 0.1) is 11.3 Å². The fourth-order valence-electron chi connectivity index (χ4n) is 2.30. The summed E-state index contributed by atoms with van der Waals surface area (Å²) in [6.45, 7) is 11.1. The third-order valence-corrected chi connectivity index (χ3v) is 3.79. The van der Waals surface area contributed by atoms with Crippen LogP contribution in [-0.2, 0) is 9.59 Å². The zero-order valence-corrected chi connectivity index (χ0v) is 13.4. The van der Waals surface area contributed by atoms with E-state index in [1.807, 2.05) is 39.5 Å². The van der Waals surface area contributed by atoms with Gasteiger partial charge in [0.05, 0.1) is 6.04 Å². The average Bonchev–Trinajstić information content (AvgIpc) is 2.36. The summed E-state index contributed by atoms with van der Waals surface area (Å²) >= 11 is 0. The van der Waals surface area contributed by atoms with Gasteiger partial charge in [-0.25, -0.2) is 0 Å². The molecule has 1 unspecified atom stereocenters. The molecule has 0 bridgehead atoms. The summed E-state index contributed by atoms with van der Waals surface area (Å²) in [4.78, 5) is 26.0. The lowest BCUT2D eigenvalue weighted by Gasteiger charge is -2.36. The van der Waals surface area contributed by atoms with Crippen LogP contribution in [-0.4, -0.2) is 41.9 Å². The Bertz CT molecular complexity index is 353. The van der Waals surface area contributed by atoms with Crippen molar-refractivity contribution in [3.8, 4) is 0 Å². The Labute approximate surface area is 122 Å². The quantitative estimate of drug-likeness (QED) is 0.815. The molecule has 1 heterocycles. The van der Waals surface area contributed by atoms with Crippen molar-refractivity contribution in [3.05, 3.63) is 0 Å². The summed E-state index contributed by atoms with van der Waals surface area (Å²) in [5, 5.41) is 3.00. The zero-order valence-electron chi connectivity index (χ0n) is 13.4. The highest BCUT2D eigenvalue weighted by molar-refractivity contribution is 5.82. The van der Waals surface area contributed by atoms with Gasteiger partial charge in [-0.15, -0.1) is 0 Å². The van der Waals surface area contributed by atoms with Crippen molar-refractivity contribution in [2.75, 3.05) is 13.1 Å². The lowest BCUT2D eigenvalue weighted by molar-refractivity contribution is -0.140. The molecule has 5 nitrogen and oxygen atoms in total. The van der Waals surface area contributed by atoms with E-state index in [2.05, 4.69) is 5.32 Å². The van der Waals surface area contributed by atoms with Crippen LogP contribution in [0.15, 0.2) is 0 Å². The minimum Gasteiger partial charge on any atom is -0.352 e. The molecule has 1 fully saturated rings. The molecule has 0 aromatic heterocycles. The molecule has 1 atom stereocenters. The maximum Gasteiger partial charge on any atom is 0.237 e. The first-order valence-corrected chi connectivity index (χ1v) is 7.48. The second-order valence-corrected chi connectivity index (χ2v) is 7.09. The van der Waals surface area contributed by atoms with E-state index in [0.717, 1.165) is 12.8 Å². The summed E-state index contributed by atoms with van der Waals surface area (Å²) in [5.74, 6) is 0.235. The molecule has 0 radical (unpaired) electrons. The Balaban J connectivity index is 2.43. The molecule has 2 amide bonds. The number of rotatable bonds is 3. The monoisotopic (exact) mass is 283 g/mol. The van der Waals surface area contributed by atoms with E-state index in [1.54, 1.807) is 0 Å². The number of nitrogens with one attached hydrogen (secondary N) is 1. The minimum absolute atomic E-state index is 0.0828. The van der Waals surface area contributed by atoms with Crippen LogP contribution in [0.5, 0.6) is 0 Å². The molecule has 0 saturated carbocycles. The molecule has 1 saturated heterocycles. The molecule has 20 heavy (non-hydrogen) atoms. The first kappa shape index (κ1) is 17.0. The maximum absolute atomic E-state index is 12.2. The summed E-state index contributed by atoms with van der Waals surface area (Å²) in [6, 6.07) is -0.319. The smallest absolute Gasteiger partial charge is 0.237 e. The predicted molar refractivity (Wildman–Crippen MR) is 80.0 cm³/mol. The largest absolute Gasteiger partial charge is 0.352 e. The van der Waals surface area contributed by atoms with Crippen molar-refractivity contribution in [1.82, 2.24) is 10.2 Å². The number of hydrogen-bond donors (Lipinski definition) is 2. The van der Waals surface area contributed by atoms with Gasteiger partial charge in [0, 0.05) is 24.5 Å². The van der Waals surface area contributed by atoms with Gasteiger partial charge in [0.25, 0.3) is 0 Å². The normalized spacial score (nSPS) is 19.1. The van der Waals surface area contributed by atoms with Crippen LogP contribution in [0.1, 0.15) is 47.5 Å². The molecule has 116 valence electrons. The summed E-state index contributed by atoms with van der Waals surface area (Å²) in [6.07, 6.45) is 1.61. The van der Waals surface area contributed by atoms with E-state index in [1.165, 1.54) is 0 Å². The molecular weight excluding hydrogens is 254 g/mol. The number of amides is 2. The van der Waals surface area contributed by atoms with Crippen molar-refractivity contribution in [3.63, 3.8) is 0 Å². The minimum atomic E-state index is -0.454. The van der Waals surface area contributed by atoms with Crippen molar-refractivity contribution in [1.29, 1.82) is 0 Å². The Morgan fingerprint density at radius 1 is 1.20 bits per heavy atom. The van der Waals surface area contributed by atoms with Crippen LogP contribution in [0.2, 0.25) is 0 Å². The van der Waals surface area contributed by atoms with E-state index in [-0.39, 0.29) is 29.2 Å². The van der Waals surface area contributed by atoms with Crippen LogP contribution >= 0.6 is 0 Å². The van der Waals surface area contributed by atoms with Gasteiger partial charge in [-0.1, -0.05) is 34.6 Å². The van der Waals surface area contributed by atoms with Gasteiger partial charge in [-0.2, -0.15) is 0 Å². The third-order valence-electron chi connectivity index (χ3n) is 3.79. The number of piperidine rings is 1. The number of likely N-dealkylation sites (tertiary alicyclic amines) is 1. The highest BCUT2D eigenvalue weighted by Crippen LogP contribution is 2.21. The second-order valence-electron chi connectivity index (χ2n) is 7.09. The maximum atomic E-state index is 12.2. The summed E-state index contributed by atoms with van der Waals surface area (Å²) < 4.78 is 0. The Kier molecular flexibility index (Phi) is 5.57. The number of hydrogen-bond acceptors (Lipinski definition) is 3. The average molecular weight is 283 g/mol. The van der Waals surface area contributed by atoms with Gasteiger partial charge in [0.2, 0.25) is 11.8 Å². The fourth-order valence-corrected chi connectivity index (χ4v) is 2.30. The fraction of sp³-hybridized carbons (Fsp3) is 0.867. The van der Waals surface area contributed by atoms with Gasteiger partial charge >= 0.3 is 0 Å². The first-order valence-electron chi connectivity index (χ1n) is 7.48.